The van der Waals surface area contributed by atoms with Crippen molar-refractivity contribution in [1.82, 2.24) is 4.90 Å². The lowest BCUT2D eigenvalue weighted by atomic mass is 9.94. The van der Waals surface area contributed by atoms with Crippen molar-refractivity contribution < 1.29 is 9.72 Å². The number of hydrogen-bond acceptors (Lipinski definition) is 3. The van der Waals surface area contributed by atoms with Crippen LogP contribution in [0.1, 0.15) is 36.5 Å². The molecular formula is C14H17ClN2O3. The molecule has 108 valence electrons. The number of nitro groups is 1. The molecular weight excluding hydrogens is 280 g/mol. The van der Waals surface area contributed by atoms with E-state index in [9.17, 15) is 14.9 Å². The van der Waals surface area contributed by atoms with Gasteiger partial charge in [0.05, 0.1) is 4.92 Å². The number of rotatable bonds is 3. The van der Waals surface area contributed by atoms with Crippen molar-refractivity contribution in [3.8, 4) is 0 Å². The largest absolute Gasteiger partial charge is 0.338 e. The van der Waals surface area contributed by atoms with Crippen LogP contribution in [-0.4, -0.2) is 28.8 Å². The number of para-hydroxylation sites is 1. The zero-order chi connectivity index (χ0) is 14.7. The summed E-state index contributed by atoms with van der Waals surface area (Å²) in [6.45, 7) is 3.45. The first kappa shape index (κ1) is 14.8. The number of likely N-dealkylation sites (tertiary alicyclic amines) is 1. The van der Waals surface area contributed by atoms with Crippen LogP contribution in [-0.2, 0) is 0 Å². The van der Waals surface area contributed by atoms with Crippen molar-refractivity contribution in [3.05, 3.63) is 38.9 Å². The van der Waals surface area contributed by atoms with Crippen LogP contribution in [0.25, 0.3) is 0 Å². The van der Waals surface area contributed by atoms with Crippen LogP contribution in [0.4, 0.5) is 5.69 Å². The predicted octanol–water partition coefficient (Wildman–Crippen LogP) is 3.51. The fourth-order valence-electron chi connectivity index (χ4n) is 2.59. The molecule has 1 saturated heterocycles. The van der Waals surface area contributed by atoms with Crippen molar-refractivity contribution in [3.63, 3.8) is 0 Å². The highest BCUT2D eigenvalue weighted by Gasteiger charge is 2.29. The van der Waals surface area contributed by atoms with Gasteiger partial charge in [-0.3, -0.25) is 14.9 Å². The van der Waals surface area contributed by atoms with E-state index in [1.807, 2.05) is 0 Å². The summed E-state index contributed by atoms with van der Waals surface area (Å²) in [6.07, 6.45) is 3.02. The van der Waals surface area contributed by atoms with Gasteiger partial charge in [0.15, 0.2) is 0 Å². The minimum absolute atomic E-state index is 0.00398. The number of nitro benzene ring substituents is 1. The molecule has 1 amide bonds. The average Bonchev–Trinajstić information content (AvgIpc) is 2.46. The summed E-state index contributed by atoms with van der Waals surface area (Å²) in [5.74, 6) is 0.349. The normalized spacial score (nSPS) is 16.2. The van der Waals surface area contributed by atoms with Crippen LogP contribution in [0.2, 0.25) is 5.02 Å². The van der Waals surface area contributed by atoms with E-state index in [2.05, 4.69) is 6.92 Å². The highest BCUT2D eigenvalue weighted by Crippen LogP contribution is 2.30. The molecule has 5 nitrogen and oxygen atoms in total. The molecule has 1 aliphatic heterocycles. The molecule has 20 heavy (non-hydrogen) atoms. The maximum Gasteiger partial charge on any atom is 0.300 e. The number of benzene rings is 1. The highest BCUT2D eigenvalue weighted by atomic mass is 35.5. The van der Waals surface area contributed by atoms with Gasteiger partial charge in [-0.05, 0) is 30.9 Å². The Kier molecular flexibility index (Phi) is 4.60. The molecule has 1 aromatic carbocycles. The lowest BCUT2D eigenvalue weighted by molar-refractivity contribution is -0.385. The van der Waals surface area contributed by atoms with Gasteiger partial charge in [-0.15, -0.1) is 0 Å². The first-order valence-corrected chi connectivity index (χ1v) is 7.14. The zero-order valence-electron chi connectivity index (χ0n) is 11.3. The first-order chi connectivity index (χ1) is 9.54. The van der Waals surface area contributed by atoms with Gasteiger partial charge in [-0.1, -0.05) is 31.0 Å². The molecule has 6 heteroatoms. The average molecular weight is 297 g/mol. The number of hydrogen-bond donors (Lipinski definition) is 0. The first-order valence-electron chi connectivity index (χ1n) is 6.76. The summed E-state index contributed by atoms with van der Waals surface area (Å²) in [4.78, 5) is 24.6. The second kappa shape index (κ2) is 6.22. The summed E-state index contributed by atoms with van der Waals surface area (Å²) in [5.41, 5.74) is -0.214. The van der Waals surface area contributed by atoms with Gasteiger partial charge < -0.3 is 4.90 Å². The monoisotopic (exact) mass is 296 g/mol. The Morgan fingerprint density at radius 2 is 2.10 bits per heavy atom. The second-order valence-electron chi connectivity index (χ2n) is 5.04. The van der Waals surface area contributed by atoms with Crippen molar-refractivity contribution >= 4 is 23.2 Å². The minimum atomic E-state index is -0.589. The van der Waals surface area contributed by atoms with E-state index in [0.29, 0.717) is 19.0 Å². The van der Waals surface area contributed by atoms with E-state index in [4.69, 9.17) is 11.6 Å². The van der Waals surface area contributed by atoms with Crippen LogP contribution >= 0.6 is 11.6 Å². The molecule has 0 unspecified atom stereocenters. The SMILES string of the molecule is CCC1CCN(C(=O)c2cccc(Cl)c2[N+](=O)[O-])CC1. The van der Waals surface area contributed by atoms with Gasteiger partial charge in [0.2, 0.25) is 0 Å². The Hall–Kier alpha value is -1.62. The topological polar surface area (TPSA) is 63.5 Å². The summed E-state index contributed by atoms with van der Waals surface area (Å²) in [5, 5.41) is 11.1. The van der Waals surface area contributed by atoms with E-state index in [1.54, 1.807) is 11.0 Å². The summed E-state index contributed by atoms with van der Waals surface area (Å²) >= 11 is 5.84. The lowest BCUT2D eigenvalue weighted by Gasteiger charge is -2.31. The van der Waals surface area contributed by atoms with Gasteiger partial charge in [-0.25, -0.2) is 0 Å². The number of amides is 1. The highest BCUT2D eigenvalue weighted by molar-refractivity contribution is 6.33. The van der Waals surface area contributed by atoms with E-state index in [1.165, 1.54) is 12.1 Å². The Morgan fingerprint density at radius 1 is 1.45 bits per heavy atom. The third-order valence-corrected chi connectivity index (χ3v) is 4.18. The Labute approximate surface area is 122 Å². The number of halogens is 1. The zero-order valence-corrected chi connectivity index (χ0v) is 12.1. The summed E-state index contributed by atoms with van der Waals surface area (Å²) in [7, 11) is 0. The number of nitrogens with zero attached hydrogens (tertiary/aromatic N) is 2. The van der Waals surface area contributed by atoms with Gasteiger partial charge in [-0.2, -0.15) is 0 Å². The van der Waals surface area contributed by atoms with Gasteiger partial charge in [0.25, 0.3) is 5.91 Å². The summed E-state index contributed by atoms with van der Waals surface area (Å²) < 4.78 is 0. The number of piperidine rings is 1. The molecule has 0 aromatic heterocycles. The van der Waals surface area contributed by atoms with E-state index in [-0.39, 0.29) is 22.2 Å². The third kappa shape index (κ3) is 2.93. The van der Waals surface area contributed by atoms with Crippen LogP contribution in [0.5, 0.6) is 0 Å². The second-order valence-corrected chi connectivity index (χ2v) is 5.44. The molecule has 0 spiro atoms. The van der Waals surface area contributed by atoms with Crippen LogP contribution in [0.3, 0.4) is 0 Å². The van der Waals surface area contributed by atoms with Crippen LogP contribution < -0.4 is 0 Å². The van der Waals surface area contributed by atoms with Crippen molar-refractivity contribution in [2.75, 3.05) is 13.1 Å². The molecule has 1 heterocycles. The number of carbonyl (C=O) groups is 1. The molecule has 1 aliphatic rings. The van der Waals surface area contributed by atoms with E-state index in [0.717, 1.165) is 19.3 Å². The van der Waals surface area contributed by atoms with Gasteiger partial charge in [0.1, 0.15) is 10.6 Å². The van der Waals surface area contributed by atoms with Crippen LogP contribution in [0.15, 0.2) is 18.2 Å². The van der Waals surface area contributed by atoms with Gasteiger partial charge >= 0.3 is 5.69 Å². The molecule has 0 radical (unpaired) electrons. The lowest BCUT2D eigenvalue weighted by Crippen LogP contribution is -2.38. The summed E-state index contributed by atoms with van der Waals surface area (Å²) in [6, 6.07) is 4.47. The third-order valence-electron chi connectivity index (χ3n) is 3.88. The predicted molar refractivity (Wildman–Crippen MR) is 77.0 cm³/mol. The molecule has 0 bridgehead atoms. The fourth-order valence-corrected chi connectivity index (χ4v) is 2.83. The molecule has 1 aromatic rings. The van der Waals surface area contributed by atoms with E-state index >= 15 is 0 Å². The van der Waals surface area contributed by atoms with Gasteiger partial charge in [0, 0.05) is 13.1 Å². The smallest absolute Gasteiger partial charge is 0.300 e. The van der Waals surface area contributed by atoms with Crippen molar-refractivity contribution in [2.45, 2.75) is 26.2 Å². The molecule has 0 saturated carbocycles. The maximum absolute atomic E-state index is 12.4. The minimum Gasteiger partial charge on any atom is -0.338 e. The van der Waals surface area contributed by atoms with Crippen molar-refractivity contribution in [2.24, 2.45) is 5.92 Å². The maximum atomic E-state index is 12.4. The fraction of sp³-hybridized carbons (Fsp3) is 0.500. The molecule has 1 fully saturated rings. The quantitative estimate of drug-likeness (QED) is 0.633. The Morgan fingerprint density at radius 3 is 2.65 bits per heavy atom. The van der Waals surface area contributed by atoms with E-state index < -0.39 is 4.92 Å². The molecule has 0 aliphatic carbocycles. The Bertz CT molecular complexity index is 525. The Balaban J connectivity index is 2.22. The number of carbonyl (C=O) groups excluding carboxylic acids is 1. The molecule has 2 rings (SSSR count). The molecule has 0 N–H and O–H groups in total. The van der Waals surface area contributed by atoms with Crippen LogP contribution in [0, 0.1) is 16.0 Å². The molecule has 0 atom stereocenters. The standard InChI is InChI=1S/C14H17ClN2O3/c1-2-10-6-8-16(9-7-10)14(18)11-4-3-5-12(15)13(11)17(19)20/h3-5,10H,2,6-9H2,1H3. The van der Waals surface area contributed by atoms with Crippen molar-refractivity contribution in [1.29, 1.82) is 0 Å².